The monoisotopic (exact) mass is 1420 g/mol. The molecule has 0 N–H and O–H groups in total. The molecular weight excluding hydrogens is 1350 g/mol. The van der Waals surface area contributed by atoms with E-state index >= 15 is 0 Å². The maximum absolute atomic E-state index is 2.46. The van der Waals surface area contributed by atoms with Crippen LogP contribution < -0.4 is 63.9 Å². The van der Waals surface area contributed by atoms with Gasteiger partial charge in [-0.2, -0.15) is 0 Å². The summed E-state index contributed by atoms with van der Waals surface area (Å²) in [6.45, 7) is 0.563. The van der Waals surface area contributed by atoms with Crippen LogP contribution in [0.4, 0.5) is 51.2 Å². The first-order chi connectivity index (χ1) is 52.1. The van der Waals surface area contributed by atoms with Crippen LogP contribution in [0.3, 0.4) is 0 Å². The minimum atomic E-state index is 0.157. The van der Waals surface area contributed by atoms with Crippen molar-refractivity contribution < 1.29 is 0 Å². The maximum atomic E-state index is 2.46. The van der Waals surface area contributed by atoms with Gasteiger partial charge in [-0.3, -0.25) is 0 Å². The van der Waals surface area contributed by atoms with Crippen LogP contribution in [0.15, 0.2) is 394 Å². The molecule has 19 aromatic rings. The quantitative estimate of drug-likeness (QED) is 0.148. The Morgan fingerprint density at radius 2 is 0.524 bits per heavy atom. The summed E-state index contributed by atoms with van der Waals surface area (Å²) in [5.41, 5.74) is 26.8. The number of benzene rings is 16. The van der Waals surface area contributed by atoms with E-state index in [1.165, 1.54) is 167 Å². The first kappa shape index (κ1) is 62.4. The average Bonchev–Trinajstić information content (AvgIpc) is 1.65. The summed E-state index contributed by atoms with van der Waals surface area (Å²) in [7, 11) is 0. The minimum absolute atomic E-state index is 0.157. The fourth-order valence-electron chi connectivity index (χ4n) is 17.0. The number of para-hydroxylation sites is 11. The van der Waals surface area contributed by atoms with E-state index in [2.05, 4.69) is 414 Å². The third-order valence-electron chi connectivity index (χ3n) is 21.5. The molecule has 0 unspecified atom stereocenters. The van der Waals surface area contributed by atoms with Crippen molar-refractivity contribution in [1.29, 1.82) is 0 Å². The average molecular weight is 1420 g/mol. The molecule has 0 amide bonds. The molecule has 0 bridgehead atoms. The third-order valence-corrected chi connectivity index (χ3v) is 25.1. The van der Waals surface area contributed by atoms with E-state index in [0.717, 1.165) is 0 Å². The predicted molar refractivity (Wildman–Crippen MR) is 456 cm³/mol. The summed E-state index contributed by atoms with van der Waals surface area (Å²) in [6, 6.07) is 144. The van der Waals surface area contributed by atoms with Crippen molar-refractivity contribution in [2.75, 3.05) is 14.7 Å². The molecule has 0 saturated carbocycles. The second-order valence-electron chi connectivity index (χ2n) is 27.3. The smallest absolute Gasteiger partial charge is 0.246 e. The second kappa shape index (κ2) is 26.5. The summed E-state index contributed by atoms with van der Waals surface area (Å²) in [5, 5.41) is 8.11. The van der Waals surface area contributed by atoms with Gasteiger partial charge >= 0.3 is 200 Å². The molecule has 0 saturated heterocycles. The number of rotatable bonds is 7. The van der Waals surface area contributed by atoms with Crippen molar-refractivity contribution in [1.82, 2.24) is 4.57 Å². The molecule has 3 aliphatic rings. The number of anilines is 9. The Kier molecular flexibility index (Phi) is 15.7. The molecule has 9 heteroatoms. The Morgan fingerprint density at radius 1 is 0.210 bits per heavy atom. The first-order valence-electron chi connectivity index (χ1n) is 36.2. The van der Waals surface area contributed by atoms with Gasteiger partial charge < -0.3 is 14.4 Å². The van der Waals surface area contributed by atoms with Crippen molar-refractivity contribution in [2.45, 2.75) is 0 Å². The molecular formula is C96H65B3N4SSe. The van der Waals surface area contributed by atoms with Crippen molar-refractivity contribution >= 4 is 208 Å². The molecule has 3 aromatic heterocycles. The molecule has 0 aliphatic carbocycles. The SMILES string of the molecule is c1ccc(N2c3ccccc3B(c3ccc(-n4c5ccccc5c5ccccc54)cc3)c3ccccc32)cc1.c1ccc(N2c3ccccc3B(c3ccc4[se]c5ccccc5c4c3)c3ccccc32)cc1.c1ccc(N2c3ccccc3B(c3ccc4sc5ccccc5c4c3)c3ccccc32)cc1. The predicted octanol–water partition coefficient (Wildman–Crippen LogP) is 18.8. The Bertz CT molecular complexity index is 6050. The number of nitrogens with zero attached hydrogens (tertiary/aromatic N) is 4. The normalized spacial score (nSPS) is 12.6. The number of thiophene rings is 1. The van der Waals surface area contributed by atoms with E-state index in [-0.39, 0.29) is 20.1 Å². The van der Waals surface area contributed by atoms with E-state index in [0.29, 0.717) is 14.5 Å². The zero-order valence-electron chi connectivity index (χ0n) is 57.4. The molecule has 6 heterocycles. The van der Waals surface area contributed by atoms with E-state index in [1.54, 1.807) is 0 Å². The minimum Gasteiger partial charge on any atom is -0.312 e. The van der Waals surface area contributed by atoms with Gasteiger partial charge in [0.15, 0.2) is 0 Å². The number of hydrogen-bond acceptors (Lipinski definition) is 4. The zero-order chi connectivity index (χ0) is 69.3. The van der Waals surface area contributed by atoms with Crippen molar-refractivity contribution in [3.8, 4) is 5.69 Å². The van der Waals surface area contributed by atoms with Gasteiger partial charge in [0.25, 0.3) is 0 Å². The van der Waals surface area contributed by atoms with Crippen LogP contribution in [0.25, 0.3) is 67.0 Å². The third kappa shape index (κ3) is 10.8. The van der Waals surface area contributed by atoms with Gasteiger partial charge in [-0.1, -0.05) is 199 Å². The summed E-state index contributed by atoms with van der Waals surface area (Å²) < 4.78 is 8.08. The number of aromatic nitrogens is 1. The van der Waals surface area contributed by atoms with Gasteiger partial charge in [0.1, 0.15) is 0 Å². The number of hydrogen-bond donors (Lipinski definition) is 0. The summed E-state index contributed by atoms with van der Waals surface area (Å²) in [5.74, 6) is 0. The number of fused-ring (bicyclic) bond motifs is 15. The standard InChI is InChI=1S/C36H25BN2.C30H20BNS.C30H20BNSe/c1-2-12-27(13-3-1)39-35-20-10-6-16-31(35)37(32-17-7-11-21-36(32)39)26-22-24-28(25-23-26)38-33-18-8-4-14-29(33)30-15-5-9-19-34(30)38;2*1-2-10-22(11-3-1)32-27-15-7-5-13-25(27)31(26-14-6-8-16-28(26)32)21-18-19-30-24(20-21)23-12-4-9-17-29(23)33-30/h1-25H;2*1-20H. The van der Waals surface area contributed by atoms with Gasteiger partial charge in [-0.15, -0.1) is 11.3 Å². The molecule has 0 atom stereocenters. The largest absolute Gasteiger partial charge is 0.312 e. The summed E-state index contributed by atoms with van der Waals surface area (Å²) in [6.07, 6.45) is 0. The van der Waals surface area contributed by atoms with E-state index < -0.39 is 0 Å². The molecule has 16 aromatic carbocycles. The van der Waals surface area contributed by atoms with Crippen LogP contribution in [-0.2, 0) is 0 Å². The van der Waals surface area contributed by atoms with Crippen molar-refractivity contribution in [2.24, 2.45) is 0 Å². The summed E-state index contributed by atoms with van der Waals surface area (Å²) >= 11 is 2.28. The van der Waals surface area contributed by atoms with Crippen LogP contribution in [0.5, 0.6) is 0 Å². The van der Waals surface area contributed by atoms with Gasteiger partial charge in [0, 0.05) is 65.4 Å². The molecule has 105 heavy (non-hydrogen) atoms. The van der Waals surface area contributed by atoms with Gasteiger partial charge in [0.2, 0.25) is 13.4 Å². The Balaban J connectivity index is 0.000000105. The summed E-state index contributed by atoms with van der Waals surface area (Å²) in [4.78, 5) is 7.21. The first-order valence-corrected chi connectivity index (χ1v) is 38.7. The van der Waals surface area contributed by atoms with Crippen molar-refractivity contribution in [3.63, 3.8) is 0 Å². The topological polar surface area (TPSA) is 14.7 Å². The van der Waals surface area contributed by atoms with Crippen molar-refractivity contribution in [3.05, 3.63) is 394 Å². The van der Waals surface area contributed by atoms with E-state index in [1.807, 2.05) is 11.3 Å². The molecule has 0 spiro atoms. The molecule has 3 aliphatic heterocycles. The van der Waals surface area contributed by atoms with Crippen LogP contribution in [0.1, 0.15) is 0 Å². The van der Waals surface area contributed by atoms with Gasteiger partial charge in [-0.05, 0) is 112 Å². The fraction of sp³-hybridized carbons (Fsp3) is 0. The second-order valence-corrected chi connectivity index (χ2v) is 30.7. The molecule has 0 radical (unpaired) electrons. The van der Waals surface area contributed by atoms with Crippen LogP contribution >= 0.6 is 11.3 Å². The van der Waals surface area contributed by atoms with Crippen LogP contribution in [0, 0.1) is 0 Å². The zero-order valence-corrected chi connectivity index (χ0v) is 59.9. The van der Waals surface area contributed by atoms with E-state index in [9.17, 15) is 0 Å². The Hall–Kier alpha value is -12.3. The van der Waals surface area contributed by atoms with Crippen LogP contribution in [0.2, 0.25) is 0 Å². The van der Waals surface area contributed by atoms with Gasteiger partial charge in [-0.25, -0.2) is 0 Å². The molecule has 4 nitrogen and oxygen atoms in total. The Morgan fingerprint density at radius 3 is 0.971 bits per heavy atom. The molecule has 490 valence electrons. The maximum Gasteiger partial charge on any atom is 0.246 e. The molecule has 22 rings (SSSR count). The molecule has 0 fully saturated rings. The van der Waals surface area contributed by atoms with E-state index in [4.69, 9.17) is 0 Å². The fourth-order valence-corrected chi connectivity index (χ4v) is 20.4. The Labute approximate surface area is 622 Å². The van der Waals surface area contributed by atoms with Crippen LogP contribution in [-0.4, -0.2) is 39.2 Å². The van der Waals surface area contributed by atoms with Gasteiger partial charge in [0.05, 0.1) is 11.0 Å².